The molecule has 0 spiro atoms. The molecule has 0 bridgehead atoms. The average molecular weight is 245 g/mol. The third kappa shape index (κ3) is 2.30. The molecule has 1 saturated carbocycles. The molecular weight excluding hydrogens is 230 g/mol. The van der Waals surface area contributed by atoms with Gasteiger partial charge in [-0.1, -0.05) is 0 Å². The lowest BCUT2D eigenvalue weighted by atomic mass is 10.00. The van der Waals surface area contributed by atoms with E-state index in [1.807, 2.05) is 6.92 Å². The molecule has 4 nitrogen and oxygen atoms in total. The molecule has 1 aromatic carbocycles. The van der Waals surface area contributed by atoms with Gasteiger partial charge >= 0.3 is 5.97 Å². The van der Waals surface area contributed by atoms with E-state index in [1.54, 1.807) is 12.1 Å². The summed E-state index contributed by atoms with van der Waals surface area (Å²) in [5, 5.41) is 9.15. The third-order valence-electron chi connectivity index (χ3n) is 2.99. The Bertz CT molecular complexity index is 513. The van der Waals surface area contributed by atoms with Gasteiger partial charge in [-0.25, -0.2) is 4.79 Å². The van der Waals surface area contributed by atoms with Gasteiger partial charge in [0.25, 0.3) is 0 Å². The molecule has 2 rings (SSSR count). The molecular formula is C14H15NO3. The van der Waals surface area contributed by atoms with E-state index in [1.165, 1.54) is 7.11 Å². The minimum atomic E-state index is -0.426. The molecule has 1 fully saturated rings. The molecule has 0 aromatic heterocycles. The van der Waals surface area contributed by atoms with Gasteiger partial charge in [-0.3, -0.25) is 0 Å². The number of carbonyl (C=O) groups excluding carboxylic acids is 1. The number of nitriles is 1. The number of hydrogen-bond acceptors (Lipinski definition) is 4. The van der Waals surface area contributed by atoms with E-state index >= 15 is 0 Å². The van der Waals surface area contributed by atoms with Crippen molar-refractivity contribution in [1.29, 1.82) is 5.26 Å². The smallest absolute Gasteiger partial charge is 0.341 e. The van der Waals surface area contributed by atoms with Crippen molar-refractivity contribution >= 4 is 5.97 Å². The molecule has 4 heteroatoms. The number of esters is 1. The Morgan fingerprint density at radius 2 is 2.22 bits per heavy atom. The highest BCUT2D eigenvalue weighted by atomic mass is 16.5. The number of rotatable bonds is 4. The molecule has 1 aromatic rings. The summed E-state index contributed by atoms with van der Waals surface area (Å²) in [6.07, 6.45) is 2.15. The highest BCUT2D eigenvalue weighted by Crippen LogP contribution is 2.43. The minimum absolute atomic E-state index is 0.402. The summed E-state index contributed by atoms with van der Waals surface area (Å²) in [7, 11) is 1.34. The number of nitrogens with zero attached hydrogens (tertiary/aromatic N) is 1. The molecule has 0 amide bonds. The van der Waals surface area contributed by atoms with Crippen molar-refractivity contribution in [1.82, 2.24) is 0 Å². The first-order chi connectivity index (χ1) is 8.71. The monoisotopic (exact) mass is 245 g/mol. The van der Waals surface area contributed by atoms with Crippen molar-refractivity contribution in [3.05, 3.63) is 28.8 Å². The highest BCUT2D eigenvalue weighted by Gasteiger charge is 2.28. The lowest BCUT2D eigenvalue weighted by Gasteiger charge is -2.12. The van der Waals surface area contributed by atoms with Gasteiger partial charge < -0.3 is 9.47 Å². The SMILES string of the molecule is CCOc1cc(C#N)c(C2CC2)cc1C(=O)OC. The summed E-state index contributed by atoms with van der Waals surface area (Å²) in [6, 6.07) is 5.55. The Hall–Kier alpha value is -2.02. The van der Waals surface area contributed by atoms with Gasteiger partial charge in [-0.15, -0.1) is 0 Å². The number of carbonyl (C=O) groups is 1. The molecule has 0 unspecified atom stereocenters. The summed E-state index contributed by atoms with van der Waals surface area (Å²) in [5.41, 5.74) is 1.93. The number of ether oxygens (including phenoxy) is 2. The van der Waals surface area contributed by atoms with Crippen LogP contribution in [0.1, 0.15) is 47.2 Å². The Labute approximate surface area is 106 Å². The molecule has 0 N–H and O–H groups in total. The van der Waals surface area contributed by atoms with Gasteiger partial charge in [0.15, 0.2) is 0 Å². The van der Waals surface area contributed by atoms with Crippen LogP contribution in [0.25, 0.3) is 0 Å². The fourth-order valence-electron chi connectivity index (χ4n) is 1.97. The Kier molecular flexibility index (Phi) is 3.52. The van der Waals surface area contributed by atoms with Crippen molar-refractivity contribution in [2.75, 3.05) is 13.7 Å². The lowest BCUT2D eigenvalue weighted by molar-refractivity contribution is 0.0596. The highest BCUT2D eigenvalue weighted by molar-refractivity contribution is 5.93. The van der Waals surface area contributed by atoms with Gasteiger partial charge in [0.1, 0.15) is 11.3 Å². The van der Waals surface area contributed by atoms with Gasteiger partial charge in [0.2, 0.25) is 0 Å². The van der Waals surface area contributed by atoms with Crippen LogP contribution in [0.4, 0.5) is 0 Å². The second-order valence-electron chi connectivity index (χ2n) is 4.25. The van der Waals surface area contributed by atoms with E-state index in [4.69, 9.17) is 14.7 Å². The van der Waals surface area contributed by atoms with Gasteiger partial charge in [0, 0.05) is 0 Å². The van der Waals surface area contributed by atoms with Crippen molar-refractivity contribution in [2.45, 2.75) is 25.7 Å². The van der Waals surface area contributed by atoms with E-state index in [0.29, 0.717) is 29.4 Å². The maximum atomic E-state index is 11.7. The number of benzene rings is 1. The van der Waals surface area contributed by atoms with Crippen LogP contribution in [-0.2, 0) is 4.74 Å². The molecule has 0 aliphatic heterocycles. The molecule has 0 radical (unpaired) electrons. The summed E-state index contributed by atoms with van der Waals surface area (Å²) < 4.78 is 10.2. The van der Waals surface area contributed by atoms with Crippen molar-refractivity contribution in [3.63, 3.8) is 0 Å². The summed E-state index contributed by atoms with van der Waals surface area (Å²) in [5.74, 6) is 0.397. The molecule has 1 aliphatic carbocycles. The van der Waals surface area contributed by atoms with Crippen molar-refractivity contribution in [2.24, 2.45) is 0 Å². The van der Waals surface area contributed by atoms with E-state index in [0.717, 1.165) is 18.4 Å². The maximum Gasteiger partial charge on any atom is 0.341 e. The summed E-state index contributed by atoms with van der Waals surface area (Å²) >= 11 is 0. The topological polar surface area (TPSA) is 59.3 Å². The summed E-state index contributed by atoms with van der Waals surface area (Å²) in [6.45, 7) is 2.28. The van der Waals surface area contributed by atoms with E-state index in [-0.39, 0.29) is 0 Å². The summed E-state index contributed by atoms with van der Waals surface area (Å²) in [4.78, 5) is 11.7. The lowest BCUT2D eigenvalue weighted by Crippen LogP contribution is -2.07. The maximum absolute atomic E-state index is 11.7. The van der Waals surface area contributed by atoms with Crippen LogP contribution in [0.3, 0.4) is 0 Å². The van der Waals surface area contributed by atoms with Crippen LogP contribution in [0.2, 0.25) is 0 Å². The van der Waals surface area contributed by atoms with Crippen LogP contribution in [0.15, 0.2) is 12.1 Å². The Morgan fingerprint density at radius 1 is 1.50 bits per heavy atom. The van der Waals surface area contributed by atoms with E-state index < -0.39 is 5.97 Å². The first-order valence-corrected chi connectivity index (χ1v) is 6.00. The number of hydrogen-bond donors (Lipinski definition) is 0. The average Bonchev–Trinajstić information content (AvgIpc) is 3.22. The standard InChI is InChI=1S/C14H15NO3/c1-3-18-13-6-10(8-15)11(9-4-5-9)7-12(13)14(16)17-2/h6-7,9H,3-5H2,1-2H3. The quantitative estimate of drug-likeness (QED) is 0.765. The molecule has 18 heavy (non-hydrogen) atoms. The Morgan fingerprint density at radius 3 is 2.72 bits per heavy atom. The first-order valence-electron chi connectivity index (χ1n) is 6.00. The van der Waals surface area contributed by atoms with Crippen molar-refractivity contribution < 1.29 is 14.3 Å². The largest absolute Gasteiger partial charge is 0.493 e. The predicted octanol–water partition coefficient (Wildman–Crippen LogP) is 2.62. The van der Waals surface area contributed by atoms with Gasteiger partial charge in [0.05, 0.1) is 25.3 Å². The molecule has 0 heterocycles. The zero-order chi connectivity index (χ0) is 13.1. The molecule has 94 valence electrons. The van der Waals surface area contributed by atoms with Crippen LogP contribution < -0.4 is 4.74 Å². The number of methoxy groups -OCH3 is 1. The zero-order valence-corrected chi connectivity index (χ0v) is 10.5. The van der Waals surface area contributed by atoms with E-state index in [9.17, 15) is 4.79 Å². The van der Waals surface area contributed by atoms with Crippen LogP contribution in [-0.4, -0.2) is 19.7 Å². The third-order valence-corrected chi connectivity index (χ3v) is 2.99. The second kappa shape index (κ2) is 5.09. The van der Waals surface area contributed by atoms with Crippen LogP contribution in [0.5, 0.6) is 5.75 Å². The van der Waals surface area contributed by atoms with Gasteiger partial charge in [-0.2, -0.15) is 5.26 Å². The Balaban J connectivity index is 2.51. The fourth-order valence-corrected chi connectivity index (χ4v) is 1.97. The molecule has 0 saturated heterocycles. The normalized spacial score (nSPS) is 13.8. The zero-order valence-electron chi connectivity index (χ0n) is 10.5. The fraction of sp³-hybridized carbons (Fsp3) is 0.429. The second-order valence-corrected chi connectivity index (χ2v) is 4.25. The van der Waals surface area contributed by atoms with Crippen LogP contribution >= 0.6 is 0 Å². The van der Waals surface area contributed by atoms with E-state index in [2.05, 4.69) is 6.07 Å². The predicted molar refractivity (Wildman–Crippen MR) is 65.6 cm³/mol. The first kappa shape index (κ1) is 12.4. The van der Waals surface area contributed by atoms with Gasteiger partial charge in [-0.05, 0) is 43.4 Å². The molecule has 1 aliphatic rings. The molecule has 0 atom stereocenters. The van der Waals surface area contributed by atoms with Crippen molar-refractivity contribution in [3.8, 4) is 11.8 Å². The minimum Gasteiger partial charge on any atom is -0.493 e. The van der Waals surface area contributed by atoms with Crippen LogP contribution in [0, 0.1) is 11.3 Å².